The molecule has 0 spiro atoms. The van der Waals surface area contributed by atoms with E-state index in [-0.39, 0.29) is 5.97 Å². The highest BCUT2D eigenvalue weighted by Crippen LogP contribution is 2.18. The molecule has 0 aliphatic heterocycles. The average Bonchev–Trinajstić information content (AvgIpc) is 2.35. The van der Waals surface area contributed by atoms with Crippen LogP contribution in [0.2, 0.25) is 0 Å². The van der Waals surface area contributed by atoms with Crippen LogP contribution >= 0.6 is 0 Å². The highest BCUT2D eigenvalue weighted by atomic mass is 16.5. The fraction of sp³-hybridized carbons (Fsp3) is 0.500. The molecule has 0 aromatic heterocycles. The number of carbonyl (C=O) groups is 1. The zero-order valence-electron chi connectivity index (χ0n) is 10.6. The minimum absolute atomic E-state index is 0.153. The summed E-state index contributed by atoms with van der Waals surface area (Å²) < 4.78 is 10.5. The van der Waals surface area contributed by atoms with Crippen LogP contribution in [0.1, 0.15) is 32.3 Å². The van der Waals surface area contributed by atoms with Crippen molar-refractivity contribution in [1.82, 2.24) is 0 Å². The number of esters is 1. The summed E-state index contributed by atoms with van der Waals surface area (Å²) in [5, 5.41) is 0. The van der Waals surface area contributed by atoms with Gasteiger partial charge in [0.25, 0.3) is 0 Å². The summed E-state index contributed by atoms with van der Waals surface area (Å²) >= 11 is 0. The van der Waals surface area contributed by atoms with Crippen LogP contribution in [0.15, 0.2) is 24.3 Å². The molecule has 1 aromatic rings. The Balaban J connectivity index is 2.28. The van der Waals surface area contributed by atoms with Gasteiger partial charge in [-0.1, -0.05) is 25.1 Å². The van der Waals surface area contributed by atoms with Crippen LogP contribution in [0.4, 0.5) is 0 Å². The number of benzene rings is 1. The van der Waals surface area contributed by atoms with Gasteiger partial charge in [0.2, 0.25) is 0 Å². The Kier molecular flexibility index (Phi) is 6.15. The lowest BCUT2D eigenvalue weighted by Crippen LogP contribution is -2.07. The third kappa shape index (κ3) is 4.89. The van der Waals surface area contributed by atoms with Crippen molar-refractivity contribution in [2.45, 2.75) is 33.1 Å². The van der Waals surface area contributed by atoms with Crippen LogP contribution in [0.5, 0.6) is 5.75 Å². The molecule has 0 unspecified atom stereocenters. The fourth-order valence-electron chi connectivity index (χ4n) is 1.57. The normalized spacial score (nSPS) is 10.0. The van der Waals surface area contributed by atoms with E-state index in [4.69, 9.17) is 9.47 Å². The van der Waals surface area contributed by atoms with Crippen molar-refractivity contribution in [2.24, 2.45) is 0 Å². The molecule has 0 saturated carbocycles. The Hall–Kier alpha value is -1.51. The molecule has 0 atom stereocenters. The number of hydrogen-bond donors (Lipinski definition) is 0. The largest absolute Gasteiger partial charge is 0.493 e. The molecule has 0 radical (unpaired) electrons. The summed E-state index contributed by atoms with van der Waals surface area (Å²) in [5.41, 5.74) is 1.20. The van der Waals surface area contributed by atoms with Gasteiger partial charge in [-0.3, -0.25) is 4.79 Å². The van der Waals surface area contributed by atoms with Crippen molar-refractivity contribution < 1.29 is 14.3 Å². The summed E-state index contributed by atoms with van der Waals surface area (Å²) in [7, 11) is 0. The van der Waals surface area contributed by atoms with Gasteiger partial charge in [-0.05, 0) is 31.4 Å². The Labute approximate surface area is 103 Å². The Morgan fingerprint density at radius 1 is 1.24 bits per heavy atom. The molecule has 3 heteroatoms. The van der Waals surface area contributed by atoms with E-state index >= 15 is 0 Å². The molecule has 0 aliphatic rings. The minimum Gasteiger partial charge on any atom is -0.493 e. The van der Waals surface area contributed by atoms with Gasteiger partial charge in [-0.15, -0.1) is 0 Å². The molecular weight excluding hydrogens is 216 g/mol. The summed E-state index contributed by atoms with van der Waals surface area (Å²) in [6, 6.07) is 7.98. The van der Waals surface area contributed by atoms with Gasteiger partial charge in [-0.25, -0.2) is 0 Å². The zero-order valence-corrected chi connectivity index (χ0v) is 10.6. The molecule has 0 aliphatic carbocycles. The second-order valence-corrected chi connectivity index (χ2v) is 3.72. The van der Waals surface area contributed by atoms with Gasteiger partial charge in [0.1, 0.15) is 5.75 Å². The molecule has 17 heavy (non-hydrogen) atoms. The van der Waals surface area contributed by atoms with Crippen LogP contribution in [-0.4, -0.2) is 19.2 Å². The lowest BCUT2D eigenvalue weighted by molar-refractivity contribution is -0.143. The number of rotatable bonds is 7. The first-order chi connectivity index (χ1) is 8.27. The fourth-order valence-corrected chi connectivity index (χ4v) is 1.57. The minimum atomic E-state index is -0.153. The summed E-state index contributed by atoms with van der Waals surface area (Å²) in [6.07, 6.45) is 2.06. The van der Waals surface area contributed by atoms with Crippen LogP contribution in [0, 0.1) is 0 Å². The van der Waals surface area contributed by atoms with E-state index in [0.29, 0.717) is 26.1 Å². The van der Waals surface area contributed by atoms with Gasteiger partial charge < -0.3 is 9.47 Å². The van der Waals surface area contributed by atoms with Gasteiger partial charge >= 0.3 is 5.97 Å². The SMILES string of the molecule is CCOC(=O)CCCOc1ccccc1CC. The third-order valence-corrected chi connectivity index (χ3v) is 2.44. The lowest BCUT2D eigenvalue weighted by atomic mass is 10.1. The number of para-hydroxylation sites is 1. The molecule has 1 aromatic carbocycles. The average molecular weight is 236 g/mol. The standard InChI is InChI=1S/C14H20O3/c1-3-12-8-5-6-9-13(12)17-11-7-10-14(15)16-4-2/h5-6,8-9H,3-4,7,10-11H2,1-2H3. The van der Waals surface area contributed by atoms with E-state index in [2.05, 4.69) is 13.0 Å². The molecule has 0 bridgehead atoms. The molecule has 3 nitrogen and oxygen atoms in total. The quantitative estimate of drug-likeness (QED) is 0.539. The molecular formula is C14H20O3. The number of carbonyl (C=O) groups excluding carboxylic acids is 1. The summed E-state index contributed by atoms with van der Waals surface area (Å²) in [5.74, 6) is 0.763. The van der Waals surface area contributed by atoms with Crippen LogP contribution in [0.25, 0.3) is 0 Å². The third-order valence-electron chi connectivity index (χ3n) is 2.44. The van der Waals surface area contributed by atoms with Gasteiger partial charge in [0.05, 0.1) is 13.2 Å². The highest BCUT2D eigenvalue weighted by molar-refractivity contribution is 5.69. The topological polar surface area (TPSA) is 35.5 Å². The number of aryl methyl sites for hydroxylation is 1. The van der Waals surface area contributed by atoms with E-state index in [1.54, 1.807) is 0 Å². The number of hydrogen-bond acceptors (Lipinski definition) is 3. The Morgan fingerprint density at radius 2 is 2.00 bits per heavy atom. The van der Waals surface area contributed by atoms with E-state index in [9.17, 15) is 4.79 Å². The maximum Gasteiger partial charge on any atom is 0.305 e. The Morgan fingerprint density at radius 3 is 2.71 bits per heavy atom. The van der Waals surface area contributed by atoms with Crippen LogP contribution in [0.3, 0.4) is 0 Å². The molecule has 0 N–H and O–H groups in total. The van der Waals surface area contributed by atoms with E-state index < -0.39 is 0 Å². The van der Waals surface area contributed by atoms with Crippen LogP contribution in [-0.2, 0) is 16.0 Å². The maximum absolute atomic E-state index is 11.1. The predicted octanol–water partition coefficient (Wildman–Crippen LogP) is 2.97. The molecule has 0 saturated heterocycles. The first-order valence-electron chi connectivity index (χ1n) is 6.14. The molecule has 94 valence electrons. The highest BCUT2D eigenvalue weighted by Gasteiger charge is 2.03. The van der Waals surface area contributed by atoms with Crippen molar-refractivity contribution in [2.75, 3.05) is 13.2 Å². The van der Waals surface area contributed by atoms with Crippen molar-refractivity contribution in [3.63, 3.8) is 0 Å². The maximum atomic E-state index is 11.1. The van der Waals surface area contributed by atoms with Gasteiger partial charge in [0.15, 0.2) is 0 Å². The Bertz CT molecular complexity index is 347. The molecule has 0 fully saturated rings. The van der Waals surface area contributed by atoms with Gasteiger partial charge in [0, 0.05) is 6.42 Å². The van der Waals surface area contributed by atoms with E-state index in [0.717, 1.165) is 12.2 Å². The molecule has 0 amide bonds. The predicted molar refractivity (Wildman–Crippen MR) is 67.2 cm³/mol. The lowest BCUT2D eigenvalue weighted by Gasteiger charge is -2.09. The second-order valence-electron chi connectivity index (χ2n) is 3.72. The smallest absolute Gasteiger partial charge is 0.305 e. The van der Waals surface area contributed by atoms with Crippen molar-refractivity contribution in [3.05, 3.63) is 29.8 Å². The van der Waals surface area contributed by atoms with E-state index in [1.807, 2.05) is 25.1 Å². The van der Waals surface area contributed by atoms with Crippen molar-refractivity contribution >= 4 is 5.97 Å². The monoisotopic (exact) mass is 236 g/mol. The first-order valence-corrected chi connectivity index (χ1v) is 6.14. The zero-order chi connectivity index (χ0) is 12.5. The molecule has 1 rings (SSSR count). The molecule has 0 heterocycles. The van der Waals surface area contributed by atoms with Gasteiger partial charge in [-0.2, -0.15) is 0 Å². The van der Waals surface area contributed by atoms with Crippen molar-refractivity contribution in [1.29, 1.82) is 0 Å². The first kappa shape index (κ1) is 13.6. The summed E-state index contributed by atoms with van der Waals surface area (Å²) in [4.78, 5) is 11.1. The number of ether oxygens (including phenoxy) is 2. The summed E-state index contributed by atoms with van der Waals surface area (Å²) in [6.45, 7) is 4.90. The second kappa shape index (κ2) is 7.71. The van der Waals surface area contributed by atoms with Crippen molar-refractivity contribution in [3.8, 4) is 5.75 Å². The van der Waals surface area contributed by atoms with E-state index in [1.165, 1.54) is 5.56 Å². The van der Waals surface area contributed by atoms with Crippen LogP contribution < -0.4 is 4.74 Å².